The molecule has 0 nitrogen and oxygen atoms in total. The molecule has 0 atom stereocenters. The Hall–Kier alpha value is -1.04. The van der Waals surface area contributed by atoms with Gasteiger partial charge in [-0.2, -0.15) is 0 Å². The van der Waals surface area contributed by atoms with Crippen molar-refractivity contribution in [2.24, 2.45) is 0 Å². The van der Waals surface area contributed by atoms with E-state index in [1.165, 1.54) is 27.8 Å². The maximum Gasteiger partial charge on any atom is -0.00580 e. The van der Waals surface area contributed by atoms with Crippen molar-refractivity contribution in [2.45, 2.75) is 41.0 Å². The first-order valence-electron chi connectivity index (χ1n) is 5.44. The lowest BCUT2D eigenvalue weighted by molar-refractivity contribution is 1.15. The van der Waals surface area contributed by atoms with Gasteiger partial charge in [0.05, 0.1) is 0 Å². The van der Waals surface area contributed by atoms with Crippen LogP contribution in [-0.2, 0) is 6.42 Å². The highest BCUT2D eigenvalue weighted by Gasteiger charge is 2.11. The number of allylic oxidation sites excluding steroid dienone is 1. The molecule has 0 spiro atoms. The van der Waals surface area contributed by atoms with Crippen molar-refractivity contribution in [1.82, 2.24) is 0 Å². The van der Waals surface area contributed by atoms with E-state index in [4.69, 9.17) is 0 Å². The van der Waals surface area contributed by atoms with E-state index >= 15 is 0 Å². The molecule has 0 aromatic heterocycles. The van der Waals surface area contributed by atoms with Crippen molar-refractivity contribution in [1.29, 1.82) is 0 Å². The van der Waals surface area contributed by atoms with Crippen LogP contribution < -0.4 is 0 Å². The lowest BCUT2D eigenvalue weighted by Gasteiger charge is -2.04. The summed E-state index contributed by atoms with van der Waals surface area (Å²) in [5.74, 6) is 0. The van der Waals surface area contributed by atoms with Crippen molar-refractivity contribution in [2.75, 3.05) is 0 Å². The van der Waals surface area contributed by atoms with Gasteiger partial charge in [-0.25, -0.2) is 0 Å². The van der Waals surface area contributed by atoms with Gasteiger partial charge in [-0.15, -0.1) is 0 Å². The van der Waals surface area contributed by atoms with Gasteiger partial charge in [0.25, 0.3) is 0 Å². The van der Waals surface area contributed by atoms with E-state index in [0.29, 0.717) is 0 Å². The molecule has 0 saturated heterocycles. The smallest absolute Gasteiger partial charge is 0.00580 e. The average Bonchev–Trinajstić information content (AvgIpc) is 2.49. The van der Waals surface area contributed by atoms with Gasteiger partial charge in [0.1, 0.15) is 0 Å². The fourth-order valence-electron chi connectivity index (χ4n) is 2.00. The van der Waals surface area contributed by atoms with Crippen molar-refractivity contribution in [3.05, 3.63) is 40.0 Å². The molecule has 0 saturated carbocycles. The third kappa shape index (κ3) is 2.06. The summed E-state index contributed by atoms with van der Waals surface area (Å²) in [5.41, 5.74) is 7.26. The summed E-state index contributed by atoms with van der Waals surface area (Å²) in [5, 5.41) is 0. The third-order valence-electron chi connectivity index (χ3n) is 2.51. The summed E-state index contributed by atoms with van der Waals surface area (Å²) in [6.45, 7) is 10.6. The van der Waals surface area contributed by atoms with Crippen LogP contribution >= 0.6 is 0 Å². The monoisotopic (exact) mass is 188 g/mol. The zero-order valence-corrected chi connectivity index (χ0v) is 9.94. The molecule has 76 valence electrons. The first-order valence-corrected chi connectivity index (χ1v) is 5.44. The van der Waals surface area contributed by atoms with Gasteiger partial charge in [0, 0.05) is 0 Å². The lowest BCUT2D eigenvalue weighted by Crippen LogP contribution is -1.89. The SMILES string of the molecule is CC.CC1=Cc2cc(C)cc(C)c2C1. The Morgan fingerprint density at radius 1 is 1.00 bits per heavy atom. The van der Waals surface area contributed by atoms with Crippen LogP contribution in [-0.4, -0.2) is 0 Å². The van der Waals surface area contributed by atoms with Gasteiger partial charge in [0.2, 0.25) is 0 Å². The number of benzene rings is 1. The minimum Gasteiger partial charge on any atom is -0.0683 e. The Balaban J connectivity index is 0.000000461. The quantitative estimate of drug-likeness (QED) is 0.569. The highest BCUT2D eigenvalue weighted by Crippen LogP contribution is 2.28. The van der Waals surface area contributed by atoms with Crippen molar-refractivity contribution in [3.8, 4) is 0 Å². The van der Waals surface area contributed by atoms with Crippen LogP contribution in [0.2, 0.25) is 0 Å². The molecular formula is C14H20. The second kappa shape index (κ2) is 4.45. The largest absolute Gasteiger partial charge is 0.0683 e. The van der Waals surface area contributed by atoms with Gasteiger partial charge in [-0.3, -0.25) is 0 Å². The molecule has 0 amide bonds. The molecule has 0 aliphatic heterocycles. The zero-order valence-electron chi connectivity index (χ0n) is 9.94. The van der Waals surface area contributed by atoms with E-state index in [9.17, 15) is 0 Å². The molecule has 0 unspecified atom stereocenters. The predicted molar refractivity (Wildman–Crippen MR) is 64.6 cm³/mol. The summed E-state index contributed by atoms with van der Waals surface area (Å²) in [6.07, 6.45) is 3.46. The number of fused-ring (bicyclic) bond motifs is 1. The topological polar surface area (TPSA) is 0 Å². The van der Waals surface area contributed by atoms with Crippen molar-refractivity contribution in [3.63, 3.8) is 0 Å². The van der Waals surface area contributed by atoms with E-state index in [-0.39, 0.29) is 0 Å². The van der Waals surface area contributed by atoms with Crippen LogP contribution in [0.25, 0.3) is 6.08 Å². The highest BCUT2D eigenvalue weighted by atomic mass is 14.2. The molecule has 1 aromatic rings. The number of hydrogen-bond acceptors (Lipinski definition) is 0. The summed E-state index contributed by atoms with van der Waals surface area (Å²) in [4.78, 5) is 0. The Morgan fingerprint density at radius 3 is 2.29 bits per heavy atom. The minimum atomic E-state index is 1.15. The van der Waals surface area contributed by atoms with E-state index in [2.05, 4.69) is 39.0 Å². The average molecular weight is 188 g/mol. The Labute approximate surface area is 87.7 Å². The molecule has 0 heteroatoms. The molecule has 14 heavy (non-hydrogen) atoms. The second-order valence-corrected chi connectivity index (χ2v) is 3.82. The summed E-state index contributed by atoms with van der Waals surface area (Å²) in [6, 6.07) is 4.55. The first-order chi connectivity index (χ1) is 6.66. The number of rotatable bonds is 0. The molecule has 0 N–H and O–H groups in total. The molecule has 0 fully saturated rings. The third-order valence-corrected chi connectivity index (χ3v) is 2.51. The van der Waals surface area contributed by atoms with Gasteiger partial charge < -0.3 is 0 Å². The fourth-order valence-corrected chi connectivity index (χ4v) is 2.00. The van der Waals surface area contributed by atoms with Gasteiger partial charge >= 0.3 is 0 Å². The minimum absolute atomic E-state index is 1.15. The standard InChI is InChI=1S/C12H14.C2H6/c1-8-4-10(3)12-7-9(2)6-11(12)5-8;1-2/h4-6H,7H2,1-3H3;1-2H3. The van der Waals surface area contributed by atoms with E-state index in [1.807, 2.05) is 13.8 Å². The maximum absolute atomic E-state index is 2.30. The lowest BCUT2D eigenvalue weighted by atomic mass is 10.0. The van der Waals surface area contributed by atoms with Crippen molar-refractivity contribution >= 4 is 6.08 Å². The molecule has 0 heterocycles. The first kappa shape index (κ1) is 11.0. The molecule has 2 rings (SSSR count). The Morgan fingerprint density at radius 2 is 1.64 bits per heavy atom. The molecule has 1 aliphatic rings. The summed E-state index contributed by atoms with van der Waals surface area (Å²) >= 11 is 0. The number of aryl methyl sites for hydroxylation is 2. The zero-order chi connectivity index (χ0) is 10.7. The van der Waals surface area contributed by atoms with E-state index in [0.717, 1.165) is 6.42 Å². The predicted octanol–water partition coefficient (Wildman–Crippen LogP) is 4.29. The van der Waals surface area contributed by atoms with Crippen LogP contribution in [0.5, 0.6) is 0 Å². The van der Waals surface area contributed by atoms with Crippen LogP contribution in [0.1, 0.15) is 43.0 Å². The van der Waals surface area contributed by atoms with E-state index in [1.54, 1.807) is 0 Å². The number of hydrogen-bond donors (Lipinski definition) is 0. The van der Waals surface area contributed by atoms with Crippen LogP contribution in [0.15, 0.2) is 17.7 Å². The maximum atomic E-state index is 2.30. The molecular weight excluding hydrogens is 168 g/mol. The molecule has 0 radical (unpaired) electrons. The van der Waals surface area contributed by atoms with Gasteiger partial charge in [-0.1, -0.05) is 43.2 Å². The van der Waals surface area contributed by atoms with E-state index < -0.39 is 0 Å². The van der Waals surface area contributed by atoms with Crippen molar-refractivity contribution < 1.29 is 0 Å². The van der Waals surface area contributed by atoms with Gasteiger partial charge in [0.15, 0.2) is 0 Å². The summed E-state index contributed by atoms with van der Waals surface area (Å²) < 4.78 is 0. The normalized spacial score (nSPS) is 12.8. The molecule has 1 aliphatic carbocycles. The van der Waals surface area contributed by atoms with Crippen LogP contribution in [0, 0.1) is 13.8 Å². The molecule has 0 bridgehead atoms. The Kier molecular flexibility index (Phi) is 3.51. The fraction of sp³-hybridized carbons (Fsp3) is 0.429. The highest BCUT2D eigenvalue weighted by molar-refractivity contribution is 5.65. The van der Waals surface area contributed by atoms with Crippen LogP contribution in [0.4, 0.5) is 0 Å². The van der Waals surface area contributed by atoms with Gasteiger partial charge in [-0.05, 0) is 43.9 Å². The van der Waals surface area contributed by atoms with Crippen LogP contribution in [0.3, 0.4) is 0 Å². The second-order valence-electron chi connectivity index (χ2n) is 3.82. The molecule has 1 aromatic carbocycles. The summed E-state index contributed by atoms with van der Waals surface area (Å²) in [7, 11) is 0. The Bertz CT molecular complexity index is 357.